The number of rotatable bonds is 5. The van der Waals surface area contributed by atoms with Crippen molar-refractivity contribution in [3.05, 3.63) is 34.3 Å². The lowest BCUT2D eigenvalue weighted by molar-refractivity contribution is 0.298. The fraction of sp³-hybridized carbons (Fsp3) is 0.154. The molecule has 7 nitrogen and oxygen atoms in total. The first-order valence-corrected chi connectivity index (χ1v) is 6.83. The van der Waals surface area contributed by atoms with Gasteiger partial charge >= 0.3 is 0 Å². The van der Waals surface area contributed by atoms with Crippen LogP contribution in [-0.4, -0.2) is 12.1 Å². The summed E-state index contributed by atoms with van der Waals surface area (Å²) in [4.78, 5) is 3.96. The lowest BCUT2D eigenvalue weighted by Gasteiger charge is -2.14. The van der Waals surface area contributed by atoms with Crippen molar-refractivity contribution in [1.29, 1.82) is 0 Å². The molecule has 0 aliphatic carbocycles. The molecule has 1 heterocycles. The third-order valence-corrected chi connectivity index (χ3v) is 3.44. The van der Waals surface area contributed by atoms with Crippen molar-refractivity contribution >= 4 is 33.3 Å². The molecule has 0 saturated heterocycles. The van der Waals surface area contributed by atoms with E-state index in [0.717, 1.165) is 10.0 Å². The topological polar surface area (TPSA) is 121 Å². The minimum atomic E-state index is 0.258. The first-order valence-electron chi connectivity index (χ1n) is 6.03. The number of nitrogens with one attached hydrogen (secondary N) is 1. The summed E-state index contributed by atoms with van der Waals surface area (Å²) in [5.41, 5.74) is 15.1. The molecule has 0 atom stereocenters. The number of halogens is 1. The number of ether oxygens (including phenoxy) is 2. The van der Waals surface area contributed by atoms with E-state index in [9.17, 15) is 0 Å². The number of para-hydroxylation sites is 1. The van der Waals surface area contributed by atoms with E-state index in [0.29, 0.717) is 17.2 Å². The normalized spacial score (nSPS) is 10.2. The van der Waals surface area contributed by atoms with Crippen molar-refractivity contribution in [2.45, 2.75) is 6.61 Å². The number of aromatic nitrogens is 1. The van der Waals surface area contributed by atoms with Gasteiger partial charge in [-0.15, -0.1) is 0 Å². The van der Waals surface area contributed by atoms with Gasteiger partial charge in [-0.2, -0.15) is 0 Å². The van der Waals surface area contributed by atoms with Crippen molar-refractivity contribution in [2.75, 3.05) is 24.0 Å². The number of hydrogen-bond donors (Lipinski definition) is 4. The maximum Gasteiger partial charge on any atom is 0.169 e. The molecule has 0 bridgehead atoms. The summed E-state index contributed by atoms with van der Waals surface area (Å²) >= 11 is 3.42. The third kappa shape index (κ3) is 3.29. The van der Waals surface area contributed by atoms with Crippen LogP contribution in [0.2, 0.25) is 0 Å². The van der Waals surface area contributed by atoms with E-state index >= 15 is 0 Å². The van der Waals surface area contributed by atoms with Crippen LogP contribution in [0.3, 0.4) is 0 Å². The Balaban J connectivity index is 2.25. The molecule has 0 aliphatic heterocycles. The average Bonchev–Trinajstić information content (AvgIpc) is 2.47. The van der Waals surface area contributed by atoms with Crippen molar-refractivity contribution in [2.24, 2.45) is 5.84 Å². The number of pyridine rings is 1. The quantitative estimate of drug-likeness (QED) is 0.478. The lowest BCUT2D eigenvalue weighted by Crippen LogP contribution is -2.13. The molecular weight excluding hydrogens is 338 g/mol. The smallest absolute Gasteiger partial charge is 0.169 e. The summed E-state index contributed by atoms with van der Waals surface area (Å²) in [5.74, 6) is 6.96. The largest absolute Gasteiger partial charge is 0.495 e. The number of methoxy groups -OCH3 is 1. The monoisotopic (exact) mass is 353 g/mol. The molecule has 0 aliphatic rings. The van der Waals surface area contributed by atoms with E-state index in [-0.39, 0.29) is 18.2 Å². The Hall–Kier alpha value is -2.19. The average molecular weight is 354 g/mol. The number of anilines is 3. The van der Waals surface area contributed by atoms with Gasteiger partial charge in [0.1, 0.15) is 29.6 Å². The second-order valence-corrected chi connectivity index (χ2v) is 5.03. The standard InChI is InChI=1S/C13H16BrN5O2/c1-20-12-7(3-2-4-8(12)14)6-21-9-5-10(15)18-13(19-17)11(9)16/h2-5H,6,16-17H2,1H3,(H3,15,18,19). The van der Waals surface area contributed by atoms with E-state index < -0.39 is 0 Å². The van der Waals surface area contributed by atoms with E-state index in [4.69, 9.17) is 26.8 Å². The van der Waals surface area contributed by atoms with Gasteiger partial charge in [0.15, 0.2) is 5.82 Å². The molecule has 0 radical (unpaired) electrons. The number of benzene rings is 1. The van der Waals surface area contributed by atoms with Crippen LogP contribution in [0.1, 0.15) is 5.56 Å². The Kier molecular flexibility index (Phi) is 4.71. The molecular formula is C13H16BrN5O2. The second-order valence-electron chi connectivity index (χ2n) is 4.17. The fourth-order valence-corrected chi connectivity index (χ4v) is 2.40. The Bertz CT molecular complexity index is 651. The van der Waals surface area contributed by atoms with Crippen LogP contribution in [0.5, 0.6) is 11.5 Å². The van der Waals surface area contributed by atoms with Crippen molar-refractivity contribution in [3.8, 4) is 11.5 Å². The van der Waals surface area contributed by atoms with Gasteiger partial charge in [0.25, 0.3) is 0 Å². The van der Waals surface area contributed by atoms with E-state index in [2.05, 4.69) is 26.3 Å². The van der Waals surface area contributed by atoms with Crippen LogP contribution in [0.4, 0.5) is 17.3 Å². The first kappa shape index (κ1) is 15.2. The molecule has 112 valence electrons. The van der Waals surface area contributed by atoms with Crippen molar-refractivity contribution in [1.82, 2.24) is 4.98 Å². The van der Waals surface area contributed by atoms with Gasteiger partial charge in [0.2, 0.25) is 0 Å². The molecule has 1 aromatic heterocycles. The summed E-state index contributed by atoms with van der Waals surface area (Å²) in [6.45, 7) is 0.264. The van der Waals surface area contributed by atoms with Crippen molar-refractivity contribution in [3.63, 3.8) is 0 Å². The molecule has 8 heteroatoms. The molecule has 2 rings (SSSR count). The van der Waals surface area contributed by atoms with E-state index in [1.807, 2.05) is 18.2 Å². The summed E-state index contributed by atoms with van der Waals surface area (Å²) in [7, 11) is 1.60. The number of hydrogen-bond acceptors (Lipinski definition) is 7. The molecule has 0 amide bonds. The highest BCUT2D eigenvalue weighted by Gasteiger charge is 2.12. The van der Waals surface area contributed by atoms with Gasteiger partial charge in [0.05, 0.1) is 11.6 Å². The second kappa shape index (κ2) is 6.51. The fourth-order valence-electron chi connectivity index (χ4n) is 1.83. The molecule has 0 saturated carbocycles. The molecule has 0 fully saturated rings. The maximum absolute atomic E-state index is 5.90. The minimum Gasteiger partial charge on any atom is -0.495 e. The van der Waals surface area contributed by atoms with Crippen LogP contribution in [-0.2, 0) is 6.61 Å². The predicted octanol–water partition coefficient (Wildman–Crippen LogP) is 1.88. The SMILES string of the molecule is COc1c(Br)cccc1COc1cc(N)nc(NN)c1N. The molecule has 21 heavy (non-hydrogen) atoms. The first-order chi connectivity index (χ1) is 10.1. The van der Waals surface area contributed by atoms with Crippen LogP contribution < -0.4 is 32.2 Å². The highest BCUT2D eigenvalue weighted by molar-refractivity contribution is 9.10. The van der Waals surface area contributed by atoms with Gasteiger partial charge in [-0.05, 0) is 22.0 Å². The highest BCUT2D eigenvalue weighted by Crippen LogP contribution is 2.33. The highest BCUT2D eigenvalue weighted by atomic mass is 79.9. The van der Waals surface area contributed by atoms with Crippen LogP contribution in [0.25, 0.3) is 0 Å². The van der Waals surface area contributed by atoms with Gasteiger partial charge < -0.3 is 26.4 Å². The van der Waals surface area contributed by atoms with E-state index in [1.165, 1.54) is 0 Å². The molecule has 0 unspecified atom stereocenters. The number of nitrogens with zero attached hydrogens (tertiary/aromatic N) is 1. The summed E-state index contributed by atoms with van der Waals surface area (Å²) < 4.78 is 11.9. The molecule has 1 aromatic carbocycles. The van der Waals surface area contributed by atoms with Crippen molar-refractivity contribution < 1.29 is 9.47 Å². The number of nitrogens with two attached hydrogens (primary N) is 3. The van der Waals surface area contributed by atoms with E-state index in [1.54, 1.807) is 13.2 Å². The van der Waals surface area contributed by atoms with Gasteiger partial charge in [-0.3, -0.25) is 0 Å². The zero-order chi connectivity index (χ0) is 15.4. The lowest BCUT2D eigenvalue weighted by atomic mass is 10.2. The van der Waals surface area contributed by atoms with Gasteiger partial charge in [-0.1, -0.05) is 12.1 Å². The Morgan fingerprint density at radius 1 is 1.33 bits per heavy atom. The minimum absolute atomic E-state index is 0.258. The maximum atomic E-state index is 5.90. The number of nitrogen functional groups attached to an aromatic ring is 3. The van der Waals surface area contributed by atoms with Crippen LogP contribution in [0.15, 0.2) is 28.7 Å². The Morgan fingerprint density at radius 3 is 2.76 bits per heavy atom. The molecule has 7 N–H and O–H groups in total. The van der Waals surface area contributed by atoms with Crippen LogP contribution >= 0.6 is 15.9 Å². The number of hydrazine groups is 1. The zero-order valence-electron chi connectivity index (χ0n) is 11.4. The zero-order valence-corrected chi connectivity index (χ0v) is 13.0. The predicted molar refractivity (Wildman–Crippen MR) is 85.9 cm³/mol. The van der Waals surface area contributed by atoms with Gasteiger partial charge in [-0.25, -0.2) is 10.8 Å². The summed E-state index contributed by atoms with van der Waals surface area (Å²) in [6.07, 6.45) is 0. The van der Waals surface area contributed by atoms with Crippen LogP contribution in [0, 0.1) is 0 Å². The van der Waals surface area contributed by atoms with Gasteiger partial charge in [0, 0.05) is 11.6 Å². The summed E-state index contributed by atoms with van der Waals surface area (Å²) in [6, 6.07) is 7.22. The third-order valence-electron chi connectivity index (χ3n) is 2.81. The Morgan fingerprint density at radius 2 is 2.10 bits per heavy atom. The Labute approximate surface area is 130 Å². The summed E-state index contributed by atoms with van der Waals surface area (Å²) in [5, 5.41) is 0. The molecule has 0 spiro atoms. The molecule has 2 aromatic rings.